The number of ketones is 1. The molecule has 3 aromatic rings. The second-order valence-corrected chi connectivity index (χ2v) is 7.88. The maximum atomic E-state index is 12.7. The van der Waals surface area contributed by atoms with Gasteiger partial charge in [-0.25, -0.2) is 4.98 Å². The molecular weight excluding hydrogens is 394 g/mol. The zero-order valence-electron chi connectivity index (χ0n) is 17.3. The number of carbonyl (C=O) groups excluding carboxylic acids is 2. The molecule has 0 saturated heterocycles. The molecule has 0 aliphatic carbocycles. The number of nitrogens with zero attached hydrogens (tertiary/aromatic N) is 3. The number of aromatic nitrogens is 1. The first-order valence-corrected chi connectivity index (χ1v) is 10.2. The lowest BCUT2D eigenvalue weighted by atomic mass is 10.0. The fourth-order valence-electron chi connectivity index (χ4n) is 2.98. The number of aryl methyl sites for hydroxylation is 3. The summed E-state index contributed by atoms with van der Waals surface area (Å²) in [4.78, 5) is 31.0. The van der Waals surface area contributed by atoms with E-state index in [-0.39, 0.29) is 17.3 Å². The van der Waals surface area contributed by atoms with E-state index in [4.69, 9.17) is 0 Å². The fraction of sp³-hybridized carbons (Fsp3) is 0.167. The molecule has 5 nitrogen and oxygen atoms in total. The van der Waals surface area contributed by atoms with Gasteiger partial charge in [0.2, 0.25) is 11.7 Å². The van der Waals surface area contributed by atoms with Crippen molar-refractivity contribution < 1.29 is 9.59 Å². The van der Waals surface area contributed by atoms with Crippen LogP contribution in [0.1, 0.15) is 39.7 Å². The topological polar surface area (TPSA) is 74.1 Å². The van der Waals surface area contributed by atoms with Crippen LogP contribution >= 0.6 is 11.3 Å². The maximum absolute atomic E-state index is 12.7. The Morgan fingerprint density at radius 3 is 2.50 bits per heavy atom. The SMILES string of the molecule is CC(=O)N(c1ccc(C)c(C)c1)c1nc(/C=C(\C#N)C(=O)c2cccc(C)c2)cs1. The van der Waals surface area contributed by atoms with Crippen molar-refractivity contribution in [2.45, 2.75) is 27.7 Å². The maximum Gasteiger partial charge on any atom is 0.230 e. The van der Waals surface area contributed by atoms with E-state index in [0.29, 0.717) is 16.4 Å². The van der Waals surface area contributed by atoms with Crippen LogP contribution in [0.25, 0.3) is 6.08 Å². The van der Waals surface area contributed by atoms with Crippen molar-refractivity contribution in [3.8, 4) is 6.07 Å². The third kappa shape index (κ3) is 4.53. The van der Waals surface area contributed by atoms with Crippen molar-refractivity contribution in [1.82, 2.24) is 4.98 Å². The number of hydrogen-bond acceptors (Lipinski definition) is 5. The van der Waals surface area contributed by atoms with Gasteiger partial charge in [0, 0.05) is 17.9 Å². The number of rotatable bonds is 5. The number of nitriles is 1. The first-order valence-electron chi connectivity index (χ1n) is 9.37. The molecule has 1 amide bonds. The summed E-state index contributed by atoms with van der Waals surface area (Å²) < 4.78 is 0. The summed E-state index contributed by atoms with van der Waals surface area (Å²) in [6, 6.07) is 14.9. The Labute approximate surface area is 179 Å². The highest BCUT2D eigenvalue weighted by Gasteiger charge is 2.19. The molecule has 1 aromatic heterocycles. The Balaban J connectivity index is 1.95. The summed E-state index contributed by atoms with van der Waals surface area (Å²) in [6.45, 7) is 7.37. The van der Waals surface area contributed by atoms with Gasteiger partial charge in [-0.1, -0.05) is 29.8 Å². The van der Waals surface area contributed by atoms with Crippen LogP contribution in [0.2, 0.25) is 0 Å². The summed E-state index contributed by atoms with van der Waals surface area (Å²) in [7, 11) is 0. The smallest absolute Gasteiger partial charge is 0.230 e. The van der Waals surface area contributed by atoms with E-state index >= 15 is 0 Å². The summed E-state index contributed by atoms with van der Waals surface area (Å²) in [5.41, 5.74) is 4.80. The minimum Gasteiger partial charge on any atom is -0.288 e. The Kier molecular flexibility index (Phi) is 6.24. The van der Waals surface area contributed by atoms with Crippen LogP contribution in [0.5, 0.6) is 0 Å². The first kappa shape index (κ1) is 21.2. The van der Waals surface area contributed by atoms with Gasteiger partial charge in [0.1, 0.15) is 11.6 Å². The van der Waals surface area contributed by atoms with E-state index in [1.54, 1.807) is 23.6 Å². The predicted molar refractivity (Wildman–Crippen MR) is 120 cm³/mol. The van der Waals surface area contributed by atoms with Crippen LogP contribution in [-0.2, 0) is 4.79 Å². The number of anilines is 2. The number of thiazole rings is 1. The Morgan fingerprint density at radius 1 is 1.10 bits per heavy atom. The lowest BCUT2D eigenvalue weighted by Crippen LogP contribution is -2.22. The van der Waals surface area contributed by atoms with Crippen LogP contribution in [0.4, 0.5) is 10.8 Å². The zero-order valence-corrected chi connectivity index (χ0v) is 18.1. The summed E-state index contributed by atoms with van der Waals surface area (Å²) in [5, 5.41) is 11.7. The van der Waals surface area contributed by atoms with Crippen LogP contribution in [0.3, 0.4) is 0 Å². The molecule has 0 atom stereocenters. The van der Waals surface area contributed by atoms with Gasteiger partial charge in [-0.3, -0.25) is 14.5 Å². The van der Waals surface area contributed by atoms with Gasteiger partial charge in [-0.15, -0.1) is 11.3 Å². The zero-order chi connectivity index (χ0) is 21.8. The van der Waals surface area contributed by atoms with Crippen molar-refractivity contribution in [2.75, 3.05) is 4.90 Å². The third-order valence-electron chi connectivity index (χ3n) is 4.70. The molecule has 150 valence electrons. The Bertz CT molecular complexity index is 1200. The van der Waals surface area contributed by atoms with Gasteiger partial charge < -0.3 is 0 Å². The quantitative estimate of drug-likeness (QED) is 0.311. The van der Waals surface area contributed by atoms with Crippen LogP contribution in [-0.4, -0.2) is 16.7 Å². The number of carbonyl (C=O) groups is 2. The minimum atomic E-state index is -0.353. The van der Waals surface area contributed by atoms with Gasteiger partial charge in [0.15, 0.2) is 5.13 Å². The summed E-state index contributed by atoms with van der Waals surface area (Å²) in [5.74, 6) is -0.521. The van der Waals surface area contributed by atoms with Gasteiger partial charge in [0.05, 0.1) is 11.4 Å². The van der Waals surface area contributed by atoms with E-state index in [1.807, 2.05) is 51.1 Å². The van der Waals surface area contributed by atoms with Gasteiger partial charge in [0.25, 0.3) is 0 Å². The molecule has 0 aliphatic heterocycles. The molecular formula is C24H21N3O2S. The molecule has 0 unspecified atom stereocenters. The average Bonchev–Trinajstić information content (AvgIpc) is 3.16. The molecule has 1 heterocycles. The molecule has 0 radical (unpaired) electrons. The molecule has 0 aliphatic rings. The normalized spacial score (nSPS) is 11.1. The largest absolute Gasteiger partial charge is 0.288 e. The number of amides is 1. The molecule has 0 saturated carbocycles. The van der Waals surface area contributed by atoms with Crippen LogP contribution < -0.4 is 4.90 Å². The highest BCUT2D eigenvalue weighted by molar-refractivity contribution is 7.14. The molecule has 0 fully saturated rings. The monoisotopic (exact) mass is 415 g/mol. The molecule has 2 aromatic carbocycles. The highest BCUT2D eigenvalue weighted by Crippen LogP contribution is 2.31. The van der Waals surface area contributed by atoms with E-state index in [9.17, 15) is 14.9 Å². The summed E-state index contributed by atoms with van der Waals surface area (Å²) >= 11 is 1.28. The summed E-state index contributed by atoms with van der Waals surface area (Å²) in [6.07, 6.45) is 1.46. The molecule has 0 N–H and O–H groups in total. The number of benzene rings is 2. The first-order chi connectivity index (χ1) is 14.3. The predicted octanol–water partition coefficient (Wildman–Crippen LogP) is 5.54. The number of hydrogen-bond donors (Lipinski definition) is 0. The van der Waals surface area contributed by atoms with Gasteiger partial charge >= 0.3 is 0 Å². The van der Waals surface area contributed by atoms with Crippen LogP contribution in [0, 0.1) is 32.1 Å². The number of allylic oxidation sites excluding steroid dienone is 1. The van der Waals surface area contributed by atoms with E-state index in [1.165, 1.54) is 29.2 Å². The van der Waals surface area contributed by atoms with Gasteiger partial charge in [-0.05, 0) is 56.2 Å². The van der Waals surface area contributed by atoms with Crippen molar-refractivity contribution in [1.29, 1.82) is 5.26 Å². The Hall–Kier alpha value is -3.56. The lowest BCUT2D eigenvalue weighted by molar-refractivity contribution is -0.115. The number of Topliss-reactive ketones (excluding diaryl/α,β-unsaturated/α-hetero) is 1. The lowest BCUT2D eigenvalue weighted by Gasteiger charge is -2.19. The van der Waals surface area contributed by atoms with Crippen molar-refractivity contribution >= 4 is 39.9 Å². The molecule has 30 heavy (non-hydrogen) atoms. The van der Waals surface area contributed by atoms with E-state index in [0.717, 1.165) is 22.4 Å². The second-order valence-electron chi connectivity index (χ2n) is 7.05. The highest BCUT2D eigenvalue weighted by atomic mass is 32.1. The second kappa shape index (κ2) is 8.85. The molecule has 0 bridgehead atoms. The Morgan fingerprint density at radius 2 is 1.87 bits per heavy atom. The van der Waals surface area contributed by atoms with Crippen molar-refractivity contribution in [2.24, 2.45) is 0 Å². The van der Waals surface area contributed by atoms with Crippen molar-refractivity contribution in [3.05, 3.63) is 81.4 Å². The molecule has 0 spiro atoms. The minimum absolute atomic E-state index is 0.00185. The van der Waals surface area contributed by atoms with Gasteiger partial charge in [-0.2, -0.15) is 5.26 Å². The molecule has 3 rings (SSSR count). The average molecular weight is 416 g/mol. The standard InChI is InChI=1S/C24H21N3O2S/c1-15-6-5-7-19(10-15)23(29)20(13-25)12-21-14-30-24(26-21)27(18(4)28)22-9-8-16(2)17(3)11-22/h5-12,14H,1-4H3/b20-12+. The van der Waals surface area contributed by atoms with Crippen LogP contribution in [0.15, 0.2) is 53.4 Å². The van der Waals surface area contributed by atoms with E-state index in [2.05, 4.69) is 4.98 Å². The van der Waals surface area contributed by atoms with E-state index < -0.39 is 0 Å². The molecule has 6 heteroatoms. The fourth-order valence-corrected chi connectivity index (χ4v) is 3.82. The van der Waals surface area contributed by atoms with Crippen molar-refractivity contribution in [3.63, 3.8) is 0 Å². The third-order valence-corrected chi connectivity index (χ3v) is 5.55.